The molecule has 9 heteroatoms. The van der Waals surface area contributed by atoms with Crippen LogP contribution < -0.4 is 10.3 Å². The van der Waals surface area contributed by atoms with Crippen LogP contribution in [0.15, 0.2) is 53.7 Å². The molecule has 1 aliphatic heterocycles. The highest BCUT2D eigenvalue weighted by atomic mass is 16.5. The summed E-state index contributed by atoms with van der Waals surface area (Å²) in [5.41, 5.74) is 2.41. The molecule has 0 unspecified atom stereocenters. The van der Waals surface area contributed by atoms with Crippen molar-refractivity contribution in [3.05, 3.63) is 70.4 Å². The van der Waals surface area contributed by atoms with Crippen LogP contribution >= 0.6 is 0 Å². The maximum atomic E-state index is 12.4. The van der Waals surface area contributed by atoms with Gasteiger partial charge in [0.05, 0.1) is 12.4 Å². The molecule has 1 aromatic carbocycles. The topological polar surface area (TPSA) is 102 Å². The number of hydrogen-bond donors (Lipinski definition) is 1. The monoisotopic (exact) mass is 437 g/mol. The molecule has 1 fully saturated rings. The zero-order chi connectivity index (χ0) is 22.5. The molecular formula is C23H27N5O4. The van der Waals surface area contributed by atoms with Crippen LogP contribution in [0.5, 0.6) is 0 Å². The van der Waals surface area contributed by atoms with Crippen molar-refractivity contribution >= 4 is 11.8 Å². The predicted molar refractivity (Wildman–Crippen MR) is 119 cm³/mol. The third kappa shape index (κ3) is 5.05. The Morgan fingerprint density at radius 2 is 2.09 bits per heavy atom. The Labute approximate surface area is 185 Å². The number of hydrogen-bond acceptors (Lipinski definition) is 5. The molecule has 2 aromatic heterocycles. The van der Waals surface area contributed by atoms with Crippen LogP contribution in [0.25, 0.3) is 5.69 Å². The summed E-state index contributed by atoms with van der Waals surface area (Å²) in [6.45, 7) is 4.55. The van der Waals surface area contributed by atoms with Gasteiger partial charge in [0.2, 0.25) is 5.43 Å². The smallest absolute Gasteiger partial charge is 0.411 e. The van der Waals surface area contributed by atoms with Crippen molar-refractivity contribution in [2.45, 2.75) is 32.7 Å². The molecule has 1 N–H and O–H groups in total. The fraction of sp³-hybridized carbons (Fsp3) is 0.391. The van der Waals surface area contributed by atoms with E-state index in [9.17, 15) is 14.7 Å². The number of ether oxygens (including phenoxy) is 1. The van der Waals surface area contributed by atoms with Gasteiger partial charge in [-0.15, -0.1) is 0 Å². The molecule has 0 bridgehead atoms. The second-order valence-electron chi connectivity index (χ2n) is 7.92. The van der Waals surface area contributed by atoms with E-state index in [1.807, 2.05) is 16.9 Å². The molecule has 0 saturated carbocycles. The Morgan fingerprint density at radius 1 is 1.28 bits per heavy atom. The lowest BCUT2D eigenvalue weighted by Gasteiger charge is -2.21. The van der Waals surface area contributed by atoms with Gasteiger partial charge < -0.3 is 9.84 Å². The first kappa shape index (κ1) is 21.8. The molecule has 168 valence electrons. The Hall–Kier alpha value is -3.46. The Morgan fingerprint density at radius 3 is 2.84 bits per heavy atom. The van der Waals surface area contributed by atoms with Crippen LogP contribution in [0.1, 0.15) is 31.0 Å². The van der Waals surface area contributed by atoms with Gasteiger partial charge in [-0.05, 0) is 43.4 Å². The third-order valence-electron chi connectivity index (χ3n) is 5.69. The minimum atomic E-state index is -1.01. The lowest BCUT2D eigenvalue weighted by Crippen LogP contribution is -2.28. The number of anilines is 1. The summed E-state index contributed by atoms with van der Waals surface area (Å²) in [6, 6.07) is 8.67. The SMILES string of the molecule is CCN(C(=O)O)c1cccc(Cc2nn(-c3cnn(CC4CCOCC4)c3)ccc2=O)c1. The Kier molecular flexibility index (Phi) is 6.65. The first-order valence-electron chi connectivity index (χ1n) is 10.8. The average molecular weight is 438 g/mol. The van der Waals surface area contributed by atoms with Gasteiger partial charge in [0.25, 0.3) is 0 Å². The molecule has 32 heavy (non-hydrogen) atoms. The van der Waals surface area contributed by atoms with Gasteiger partial charge in [0, 0.05) is 50.7 Å². The molecule has 9 nitrogen and oxygen atoms in total. The zero-order valence-corrected chi connectivity index (χ0v) is 18.1. The lowest BCUT2D eigenvalue weighted by molar-refractivity contribution is 0.0601. The van der Waals surface area contributed by atoms with E-state index < -0.39 is 6.09 Å². The quantitative estimate of drug-likeness (QED) is 0.610. The fourth-order valence-corrected chi connectivity index (χ4v) is 3.93. The van der Waals surface area contributed by atoms with Crippen LogP contribution in [0.3, 0.4) is 0 Å². The third-order valence-corrected chi connectivity index (χ3v) is 5.69. The number of nitrogens with zero attached hydrogens (tertiary/aromatic N) is 5. The number of amides is 1. The second kappa shape index (κ2) is 9.78. The molecule has 0 atom stereocenters. The predicted octanol–water partition coefficient (Wildman–Crippen LogP) is 2.95. The summed E-state index contributed by atoms with van der Waals surface area (Å²) < 4.78 is 8.99. The maximum absolute atomic E-state index is 12.4. The van der Waals surface area contributed by atoms with Gasteiger partial charge in [-0.2, -0.15) is 10.2 Å². The number of rotatable bonds is 7. The molecule has 0 spiro atoms. The molecule has 3 heterocycles. The molecule has 0 aliphatic carbocycles. The van der Waals surface area contributed by atoms with Crippen molar-refractivity contribution in [3.8, 4) is 5.69 Å². The first-order valence-corrected chi connectivity index (χ1v) is 10.8. The largest absolute Gasteiger partial charge is 0.465 e. The highest BCUT2D eigenvalue weighted by molar-refractivity contribution is 5.86. The van der Waals surface area contributed by atoms with Gasteiger partial charge in [0.15, 0.2) is 0 Å². The maximum Gasteiger partial charge on any atom is 0.411 e. The summed E-state index contributed by atoms with van der Waals surface area (Å²) in [5, 5.41) is 18.3. The average Bonchev–Trinajstić information content (AvgIpc) is 3.25. The van der Waals surface area contributed by atoms with Crippen molar-refractivity contribution in [1.82, 2.24) is 19.6 Å². The molecule has 0 radical (unpaired) electrons. The van der Waals surface area contributed by atoms with Gasteiger partial charge >= 0.3 is 6.09 Å². The summed E-state index contributed by atoms with van der Waals surface area (Å²) in [5.74, 6) is 0.551. The number of aromatic nitrogens is 4. The summed E-state index contributed by atoms with van der Waals surface area (Å²) in [6.07, 6.45) is 6.68. The summed E-state index contributed by atoms with van der Waals surface area (Å²) in [4.78, 5) is 25.1. The van der Waals surface area contributed by atoms with Crippen LogP contribution in [-0.2, 0) is 17.7 Å². The Bertz CT molecular complexity index is 1130. The van der Waals surface area contributed by atoms with E-state index >= 15 is 0 Å². The standard InChI is InChI=1S/C23H27N5O4/c1-2-27(23(30)31)19-5-3-4-18(12-19)13-21-22(29)6-9-28(25-21)20-14-24-26(16-20)15-17-7-10-32-11-8-17/h3-6,9,12,14,16-17H,2,7-8,10-11,13,15H2,1H3,(H,30,31). The first-order chi connectivity index (χ1) is 15.5. The fourth-order valence-electron chi connectivity index (χ4n) is 3.93. The lowest BCUT2D eigenvalue weighted by atomic mass is 10.0. The van der Waals surface area contributed by atoms with E-state index in [-0.39, 0.29) is 5.43 Å². The highest BCUT2D eigenvalue weighted by Gasteiger charge is 2.16. The summed E-state index contributed by atoms with van der Waals surface area (Å²) in [7, 11) is 0. The van der Waals surface area contributed by atoms with Crippen LogP contribution in [0.4, 0.5) is 10.5 Å². The minimum Gasteiger partial charge on any atom is -0.465 e. The van der Waals surface area contributed by atoms with Gasteiger partial charge in [-0.1, -0.05) is 12.1 Å². The number of carbonyl (C=O) groups is 1. The van der Waals surface area contributed by atoms with Crippen molar-refractivity contribution in [1.29, 1.82) is 0 Å². The molecule has 3 aromatic rings. The van der Waals surface area contributed by atoms with Crippen LogP contribution in [0.2, 0.25) is 0 Å². The van der Waals surface area contributed by atoms with E-state index in [1.165, 1.54) is 11.0 Å². The normalized spacial score (nSPS) is 14.4. The van der Waals surface area contributed by atoms with Crippen molar-refractivity contribution in [2.75, 3.05) is 24.7 Å². The van der Waals surface area contributed by atoms with Gasteiger partial charge in [-0.25, -0.2) is 9.48 Å². The van der Waals surface area contributed by atoms with E-state index in [0.717, 1.165) is 43.9 Å². The highest BCUT2D eigenvalue weighted by Crippen LogP contribution is 2.19. The van der Waals surface area contributed by atoms with Gasteiger partial charge in [0.1, 0.15) is 11.4 Å². The van der Waals surface area contributed by atoms with Crippen LogP contribution in [0, 0.1) is 5.92 Å². The number of benzene rings is 1. The van der Waals surface area contributed by atoms with Crippen LogP contribution in [-0.4, -0.2) is 50.5 Å². The molecule has 1 aliphatic rings. The molecule has 1 amide bonds. The summed E-state index contributed by atoms with van der Waals surface area (Å²) >= 11 is 0. The van der Waals surface area contributed by atoms with E-state index in [4.69, 9.17) is 4.74 Å². The Balaban J connectivity index is 1.52. The molecule has 1 saturated heterocycles. The van der Waals surface area contributed by atoms with Crippen molar-refractivity contribution < 1.29 is 14.6 Å². The van der Waals surface area contributed by atoms with Gasteiger partial charge in [-0.3, -0.25) is 14.4 Å². The minimum absolute atomic E-state index is 0.160. The second-order valence-corrected chi connectivity index (χ2v) is 7.92. The molecular weight excluding hydrogens is 410 g/mol. The van der Waals surface area contributed by atoms with E-state index in [0.29, 0.717) is 30.3 Å². The molecule has 4 rings (SSSR count). The van der Waals surface area contributed by atoms with E-state index in [2.05, 4.69) is 10.2 Å². The zero-order valence-electron chi connectivity index (χ0n) is 18.1. The van der Waals surface area contributed by atoms with Crippen molar-refractivity contribution in [2.24, 2.45) is 5.92 Å². The van der Waals surface area contributed by atoms with Crippen molar-refractivity contribution in [3.63, 3.8) is 0 Å². The van der Waals surface area contributed by atoms with E-state index in [1.54, 1.807) is 42.2 Å². The number of carboxylic acid groups (broad SMARTS) is 1.